The molecule has 14 heavy (non-hydrogen) atoms. The fourth-order valence-electron chi connectivity index (χ4n) is 1.09. The van der Waals surface area contributed by atoms with Crippen LogP contribution in [0.2, 0.25) is 0 Å². The molecule has 0 fully saturated rings. The van der Waals surface area contributed by atoms with E-state index in [0.717, 1.165) is 6.26 Å². The van der Waals surface area contributed by atoms with Gasteiger partial charge in [0, 0.05) is 11.8 Å². The summed E-state index contributed by atoms with van der Waals surface area (Å²) >= 11 is 0. The predicted octanol–water partition coefficient (Wildman–Crippen LogP) is 0.845. The van der Waals surface area contributed by atoms with E-state index in [0.29, 0.717) is 11.3 Å². The minimum Gasteiger partial charge on any atom is -0.367 e. The minimum absolute atomic E-state index is 0.164. The van der Waals surface area contributed by atoms with Crippen molar-refractivity contribution < 1.29 is 12.9 Å². The van der Waals surface area contributed by atoms with Gasteiger partial charge >= 0.3 is 0 Å². The van der Waals surface area contributed by atoms with Crippen LogP contribution in [0.4, 0.5) is 5.88 Å². The lowest BCUT2D eigenvalue weighted by Crippen LogP contribution is -2.29. The second kappa shape index (κ2) is 2.98. The number of sulfone groups is 1. The molecule has 0 unspecified atom stereocenters. The van der Waals surface area contributed by atoms with E-state index in [9.17, 15) is 8.42 Å². The summed E-state index contributed by atoms with van der Waals surface area (Å²) in [4.78, 5) is 0. The van der Waals surface area contributed by atoms with Gasteiger partial charge in [0.2, 0.25) is 5.88 Å². The third kappa shape index (κ3) is 1.50. The largest absolute Gasteiger partial charge is 0.367 e. The van der Waals surface area contributed by atoms with E-state index < -0.39 is 14.6 Å². The Bertz CT molecular complexity index is 445. The average molecular weight is 218 g/mol. The van der Waals surface area contributed by atoms with E-state index in [4.69, 9.17) is 10.3 Å². The Hall–Kier alpha value is -1.04. The average Bonchev–Trinajstić information content (AvgIpc) is 2.30. The number of nitrogens with two attached hydrogens (primary N) is 1. The van der Waals surface area contributed by atoms with Gasteiger partial charge in [-0.1, -0.05) is 5.16 Å². The monoisotopic (exact) mass is 218 g/mol. The van der Waals surface area contributed by atoms with E-state index in [1.807, 2.05) is 0 Å². The lowest BCUT2D eigenvalue weighted by Gasteiger charge is -2.19. The van der Waals surface area contributed by atoms with Gasteiger partial charge in [0.15, 0.2) is 9.84 Å². The molecule has 1 rings (SSSR count). The Morgan fingerprint density at radius 3 is 2.21 bits per heavy atom. The van der Waals surface area contributed by atoms with E-state index in [-0.39, 0.29) is 5.88 Å². The summed E-state index contributed by atoms with van der Waals surface area (Å²) in [5.74, 6) is 0.164. The van der Waals surface area contributed by atoms with Gasteiger partial charge in [0.25, 0.3) is 0 Å². The summed E-state index contributed by atoms with van der Waals surface area (Å²) in [6.45, 7) is 4.84. The van der Waals surface area contributed by atoms with Crippen molar-refractivity contribution >= 4 is 15.7 Å². The normalized spacial score (nSPS) is 13.1. The summed E-state index contributed by atoms with van der Waals surface area (Å²) in [5.41, 5.74) is 6.41. The van der Waals surface area contributed by atoms with Crippen LogP contribution in [0.3, 0.4) is 0 Å². The molecule has 80 valence electrons. The second-order valence-electron chi connectivity index (χ2n) is 3.80. The Kier molecular flexibility index (Phi) is 2.35. The Labute approximate surface area is 83.2 Å². The molecule has 0 aliphatic heterocycles. The zero-order chi connectivity index (χ0) is 11.1. The van der Waals surface area contributed by atoms with Crippen molar-refractivity contribution in [2.45, 2.75) is 25.5 Å². The lowest BCUT2D eigenvalue weighted by atomic mass is 10.1. The SMILES string of the molecule is Cc1c(C(C)(C)S(C)(=O)=O)noc1N. The molecule has 0 saturated carbocycles. The van der Waals surface area contributed by atoms with Crippen LogP contribution in [-0.2, 0) is 14.6 Å². The number of anilines is 1. The maximum atomic E-state index is 11.5. The molecule has 1 aromatic rings. The highest BCUT2D eigenvalue weighted by Crippen LogP contribution is 2.32. The molecule has 5 nitrogen and oxygen atoms in total. The first-order valence-corrected chi connectivity index (χ1v) is 5.99. The molecular formula is C8H14N2O3S. The van der Waals surface area contributed by atoms with Crippen molar-refractivity contribution in [2.24, 2.45) is 0 Å². The summed E-state index contributed by atoms with van der Waals surface area (Å²) in [5, 5.41) is 3.67. The Morgan fingerprint density at radius 2 is 1.93 bits per heavy atom. The van der Waals surface area contributed by atoms with Gasteiger partial charge in [-0.2, -0.15) is 0 Å². The van der Waals surface area contributed by atoms with E-state index in [1.54, 1.807) is 20.8 Å². The predicted molar refractivity (Wildman–Crippen MR) is 53.5 cm³/mol. The first kappa shape index (κ1) is 11.0. The quantitative estimate of drug-likeness (QED) is 0.795. The van der Waals surface area contributed by atoms with Crippen molar-refractivity contribution in [3.05, 3.63) is 11.3 Å². The van der Waals surface area contributed by atoms with E-state index in [1.165, 1.54) is 0 Å². The number of hydrogen-bond donors (Lipinski definition) is 1. The van der Waals surface area contributed by atoms with E-state index in [2.05, 4.69) is 5.16 Å². The maximum Gasteiger partial charge on any atom is 0.225 e. The standard InChI is InChI=1S/C8H14N2O3S/c1-5-6(10-13-7(5)9)8(2,3)14(4,11)12/h9H2,1-4H3. The fourth-order valence-corrected chi connectivity index (χ4v) is 1.63. The fraction of sp³-hybridized carbons (Fsp3) is 0.625. The molecular weight excluding hydrogens is 204 g/mol. The highest BCUT2D eigenvalue weighted by molar-refractivity contribution is 7.91. The molecule has 0 aliphatic carbocycles. The summed E-state index contributed by atoms with van der Waals surface area (Å²) in [6, 6.07) is 0. The molecule has 0 bridgehead atoms. The molecule has 0 radical (unpaired) electrons. The first-order chi connectivity index (χ1) is 6.18. The van der Waals surface area contributed by atoms with Crippen LogP contribution in [0, 0.1) is 6.92 Å². The Morgan fingerprint density at radius 1 is 1.43 bits per heavy atom. The van der Waals surface area contributed by atoms with Crippen LogP contribution in [0.15, 0.2) is 4.52 Å². The second-order valence-corrected chi connectivity index (χ2v) is 6.37. The zero-order valence-corrected chi connectivity index (χ0v) is 9.47. The number of nitrogens with zero attached hydrogens (tertiary/aromatic N) is 1. The van der Waals surface area contributed by atoms with Gasteiger partial charge in [-0.25, -0.2) is 8.42 Å². The van der Waals surface area contributed by atoms with Crippen LogP contribution in [0.5, 0.6) is 0 Å². The van der Waals surface area contributed by atoms with Gasteiger partial charge in [-0.3, -0.25) is 0 Å². The van der Waals surface area contributed by atoms with Crippen molar-refractivity contribution in [3.63, 3.8) is 0 Å². The number of aromatic nitrogens is 1. The van der Waals surface area contributed by atoms with Crippen LogP contribution < -0.4 is 5.73 Å². The summed E-state index contributed by atoms with van der Waals surface area (Å²) in [6.07, 6.45) is 1.16. The van der Waals surface area contributed by atoms with Crippen molar-refractivity contribution in [3.8, 4) is 0 Å². The van der Waals surface area contributed by atoms with Gasteiger partial charge < -0.3 is 10.3 Å². The van der Waals surface area contributed by atoms with Crippen molar-refractivity contribution in [1.82, 2.24) is 5.16 Å². The molecule has 1 heterocycles. The molecule has 0 atom stereocenters. The zero-order valence-electron chi connectivity index (χ0n) is 8.66. The molecule has 6 heteroatoms. The van der Waals surface area contributed by atoms with Crippen LogP contribution in [0.1, 0.15) is 25.1 Å². The first-order valence-electron chi connectivity index (χ1n) is 4.09. The molecule has 0 saturated heterocycles. The molecule has 0 aromatic carbocycles. The smallest absolute Gasteiger partial charge is 0.225 e. The third-order valence-electron chi connectivity index (χ3n) is 2.46. The third-order valence-corrected chi connectivity index (χ3v) is 4.50. The number of hydrogen-bond acceptors (Lipinski definition) is 5. The van der Waals surface area contributed by atoms with Gasteiger partial charge in [-0.05, 0) is 20.8 Å². The Balaban J connectivity index is 3.38. The minimum atomic E-state index is -3.24. The number of rotatable bonds is 2. The molecule has 2 N–H and O–H groups in total. The topological polar surface area (TPSA) is 86.2 Å². The molecule has 0 spiro atoms. The van der Waals surface area contributed by atoms with Crippen LogP contribution in [0.25, 0.3) is 0 Å². The van der Waals surface area contributed by atoms with Gasteiger partial charge in [0.1, 0.15) is 10.4 Å². The van der Waals surface area contributed by atoms with Crippen molar-refractivity contribution in [1.29, 1.82) is 0 Å². The van der Waals surface area contributed by atoms with Crippen LogP contribution in [-0.4, -0.2) is 19.8 Å². The molecule has 0 amide bonds. The molecule has 0 aliphatic rings. The van der Waals surface area contributed by atoms with Gasteiger partial charge in [-0.15, -0.1) is 0 Å². The highest BCUT2D eigenvalue weighted by Gasteiger charge is 2.37. The summed E-state index contributed by atoms with van der Waals surface area (Å²) in [7, 11) is -3.24. The van der Waals surface area contributed by atoms with Gasteiger partial charge in [0.05, 0.1) is 0 Å². The maximum absolute atomic E-state index is 11.5. The number of nitrogen functional groups attached to an aromatic ring is 1. The lowest BCUT2D eigenvalue weighted by molar-refractivity contribution is 0.417. The van der Waals surface area contributed by atoms with Crippen LogP contribution >= 0.6 is 0 Å². The highest BCUT2D eigenvalue weighted by atomic mass is 32.2. The van der Waals surface area contributed by atoms with Crippen molar-refractivity contribution in [2.75, 3.05) is 12.0 Å². The van der Waals surface area contributed by atoms with E-state index >= 15 is 0 Å². The molecule has 1 aromatic heterocycles. The summed E-state index contributed by atoms with van der Waals surface area (Å²) < 4.78 is 26.7.